The van der Waals surface area contributed by atoms with E-state index in [9.17, 15) is 14.7 Å². The second-order valence-electron chi connectivity index (χ2n) is 8.35. The van der Waals surface area contributed by atoms with Gasteiger partial charge in [0.15, 0.2) is 0 Å². The number of methoxy groups -OCH3 is 1. The summed E-state index contributed by atoms with van der Waals surface area (Å²) in [6, 6.07) is 20.1. The van der Waals surface area contributed by atoms with Gasteiger partial charge in [-0.15, -0.1) is 0 Å². The standard InChI is InChI=1S/C28H18IN5O5/c1-38-28(37)17-5-3-2-4-16(17)24-18-8-6-14(30)12-22(18)39-23-13-15(7-9-19(23)24)32-27(36)20-10-11-21(33-34-31)25(29)26(20)35/h2-13,35H,30H2,1H3/i29-2. The van der Waals surface area contributed by atoms with Crippen LogP contribution in [0.3, 0.4) is 0 Å². The van der Waals surface area contributed by atoms with Gasteiger partial charge in [-0.2, -0.15) is 0 Å². The first-order valence-electron chi connectivity index (χ1n) is 11.4. The van der Waals surface area contributed by atoms with E-state index in [-0.39, 0.29) is 25.9 Å². The molecule has 0 radical (unpaired) electrons. The average molecular weight is 629 g/mol. The number of amides is 1. The summed E-state index contributed by atoms with van der Waals surface area (Å²) < 4.78 is 11.4. The molecule has 3 N–H and O–H groups in total. The SMILES string of the molecule is COC(=O)c1ccccc1-c1c2ccc(=NC(=O)c3ccc(N=[N+]=[N-])c([125I])c3O)cc-2oc2cc(N)ccc12. The zero-order valence-corrected chi connectivity index (χ0v) is 22.4. The van der Waals surface area contributed by atoms with Crippen molar-refractivity contribution in [3.05, 3.63) is 103 Å². The predicted octanol–water partition coefficient (Wildman–Crippen LogP) is 6.57. The highest BCUT2D eigenvalue weighted by molar-refractivity contribution is 14.1. The molecule has 0 unspecified atom stereocenters. The number of phenols is 1. The molecule has 3 aromatic carbocycles. The third kappa shape index (κ3) is 4.76. The molecule has 11 heteroatoms. The fourth-order valence-electron chi connectivity index (χ4n) is 4.27. The monoisotopic (exact) mass is 629 g/mol. The van der Waals surface area contributed by atoms with Gasteiger partial charge < -0.3 is 20.0 Å². The first-order chi connectivity index (χ1) is 18.8. The quantitative estimate of drug-likeness (QED) is 0.0435. The summed E-state index contributed by atoms with van der Waals surface area (Å²) in [4.78, 5) is 32.4. The van der Waals surface area contributed by atoms with Crippen LogP contribution in [-0.2, 0) is 4.74 Å². The van der Waals surface area contributed by atoms with Gasteiger partial charge in [0.2, 0.25) is 0 Å². The molecular weight excluding hydrogens is 611 g/mol. The Bertz CT molecular complexity index is 1890. The molecule has 39 heavy (non-hydrogen) atoms. The van der Waals surface area contributed by atoms with Crippen molar-refractivity contribution < 1.29 is 23.8 Å². The van der Waals surface area contributed by atoms with Crippen LogP contribution >= 0.6 is 22.6 Å². The number of esters is 1. The smallest absolute Gasteiger partial charge is 0.338 e. The summed E-state index contributed by atoms with van der Waals surface area (Å²) in [7, 11) is 1.32. The number of nitrogen functional groups attached to an aromatic ring is 1. The minimum atomic E-state index is -0.696. The van der Waals surface area contributed by atoms with Crippen molar-refractivity contribution in [1.29, 1.82) is 0 Å². The second kappa shape index (κ2) is 10.5. The fraction of sp³-hybridized carbons (Fsp3) is 0.0357. The number of ether oxygens (including phenoxy) is 1. The fourth-order valence-corrected chi connectivity index (χ4v) is 4.85. The molecule has 5 rings (SSSR count). The van der Waals surface area contributed by atoms with E-state index in [1.807, 2.05) is 18.2 Å². The van der Waals surface area contributed by atoms with Crippen molar-refractivity contribution in [3.8, 4) is 28.2 Å². The molecule has 0 spiro atoms. The van der Waals surface area contributed by atoms with Crippen molar-refractivity contribution in [3.63, 3.8) is 0 Å². The number of hydrogen-bond acceptors (Lipinski definition) is 7. The zero-order valence-electron chi connectivity index (χ0n) is 20.3. The van der Waals surface area contributed by atoms with Crippen LogP contribution in [0.5, 0.6) is 5.75 Å². The maximum atomic E-state index is 13.0. The van der Waals surface area contributed by atoms with Gasteiger partial charge in [0.25, 0.3) is 5.91 Å². The molecule has 192 valence electrons. The van der Waals surface area contributed by atoms with Crippen LogP contribution in [0.15, 0.2) is 87.3 Å². The van der Waals surface area contributed by atoms with Crippen LogP contribution in [0, 0.1) is 3.57 Å². The largest absolute Gasteiger partial charge is 0.506 e. The van der Waals surface area contributed by atoms with Crippen molar-refractivity contribution in [1.82, 2.24) is 0 Å². The summed E-state index contributed by atoms with van der Waals surface area (Å²) in [6.07, 6.45) is 0. The average Bonchev–Trinajstić information content (AvgIpc) is 2.93. The normalized spacial score (nSPS) is 11.4. The van der Waals surface area contributed by atoms with E-state index < -0.39 is 11.9 Å². The highest BCUT2D eigenvalue weighted by atomic mass is 125. The molecule has 1 aliphatic carbocycles. The third-order valence-corrected chi connectivity index (χ3v) is 7.10. The summed E-state index contributed by atoms with van der Waals surface area (Å²) in [5.74, 6) is -1.11. The molecule has 0 aromatic heterocycles. The molecule has 0 atom stereocenters. The molecule has 3 aromatic rings. The molecular formula is C28H18IN5O5. The van der Waals surface area contributed by atoms with Crippen LogP contribution in [-0.4, -0.2) is 24.1 Å². The lowest BCUT2D eigenvalue weighted by molar-refractivity contribution is 0.0601. The van der Waals surface area contributed by atoms with Crippen LogP contribution in [0.2, 0.25) is 0 Å². The van der Waals surface area contributed by atoms with Gasteiger partial charge in [0, 0.05) is 39.2 Å². The van der Waals surface area contributed by atoms with E-state index in [0.29, 0.717) is 33.7 Å². The number of halogens is 1. The van der Waals surface area contributed by atoms with Gasteiger partial charge in [0.1, 0.15) is 17.1 Å². The Balaban J connectivity index is 1.72. The van der Waals surface area contributed by atoms with E-state index in [1.165, 1.54) is 19.2 Å². The van der Waals surface area contributed by atoms with E-state index in [0.717, 1.165) is 10.9 Å². The van der Waals surface area contributed by atoms with Crippen molar-refractivity contribution in [2.24, 2.45) is 10.1 Å². The summed E-state index contributed by atoms with van der Waals surface area (Å²) in [5.41, 5.74) is 18.2. The Morgan fingerprint density at radius 3 is 2.59 bits per heavy atom. The number of benzene rings is 4. The minimum Gasteiger partial charge on any atom is -0.506 e. The van der Waals surface area contributed by atoms with Gasteiger partial charge in [-0.1, -0.05) is 29.4 Å². The minimum absolute atomic E-state index is 0.0488. The van der Waals surface area contributed by atoms with Gasteiger partial charge in [-0.3, -0.25) is 4.79 Å². The summed E-state index contributed by atoms with van der Waals surface area (Å²) >= 11 is 1.79. The Morgan fingerprint density at radius 1 is 1.03 bits per heavy atom. The summed E-state index contributed by atoms with van der Waals surface area (Å²) in [6.45, 7) is 0. The highest BCUT2D eigenvalue weighted by Crippen LogP contribution is 2.41. The lowest BCUT2D eigenvalue weighted by Crippen LogP contribution is -2.09. The number of anilines is 1. The molecule has 1 heterocycles. The van der Waals surface area contributed by atoms with E-state index in [4.69, 9.17) is 20.4 Å². The molecule has 0 saturated carbocycles. The second-order valence-corrected chi connectivity index (χ2v) is 9.43. The Morgan fingerprint density at radius 2 is 1.82 bits per heavy atom. The molecule has 0 saturated heterocycles. The van der Waals surface area contributed by atoms with Crippen LogP contribution in [0.1, 0.15) is 20.7 Å². The number of nitrogens with two attached hydrogens (primary N) is 1. The number of carbonyl (C=O) groups is 2. The van der Waals surface area contributed by atoms with E-state index in [2.05, 4.69) is 15.0 Å². The van der Waals surface area contributed by atoms with E-state index in [1.54, 1.807) is 65.1 Å². The molecule has 10 nitrogen and oxygen atoms in total. The molecule has 0 fully saturated rings. The maximum Gasteiger partial charge on any atom is 0.338 e. The number of hydrogen-bond donors (Lipinski definition) is 2. The Kier molecular flexibility index (Phi) is 6.92. The van der Waals surface area contributed by atoms with Gasteiger partial charge >= 0.3 is 5.97 Å². The van der Waals surface area contributed by atoms with Gasteiger partial charge in [0.05, 0.1) is 32.9 Å². The first kappa shape index (κ1) is 25.8. The number of fused-ring (bicyclic) bond motifs is 2. The Hall–Kier alpha value is -4.87. The number of aromatic hydroxyl groups is 1. The highest BCUT2D eigenvalue weighted by Gasteiger charge is 2.22. The molecule has 0 bridgehead atoms. The first-order valence-corrected chi connectivity index (χ1v) is 12.5. The number of nitrogens with zero attached hydrogens (tertiary/aromatic N) is 4. The van der Waals surface area contributed by atoms with Crippen LogP contribution in [0.25, 0.3) is 43.9 Å². The number of phenolic OH excluding ortho intramolecular Hbond substituents is 1. The summed E-state index contributed by atoms with van der Waals surface area (Å²) in [5, 5.41) is 15.0. The van der Waals surface area contributed by atoms with Crippen molar-refractivity contribution in [2.75, 3.05) is 12.8 Å². The molecule has 2 aliphatic rings. The predicted molar refractivity (Wildman–Crippen MR) is 154 cm³/mol. The van der Waals surface area contributed by atoms with Crippen LogP contribution < -0.4 is 11.1 Å². The number of rotatable bonds is 4. The molecule has 1 aliphatic heterocycles. The van der Waals surface area contributed by atoms with Gasteiger partial charge in [-0.25, -0.2) is 9.79 Å². The van der Waals surface area contributed by atoms with Crippen molar-refractivity contribution >= 4 is 56.8 Å². The maximum absolute atomic E-state index is 13.0. The lowest BCUT2D eigenvalue weighted by atomic mass is 9.90. The zero-order chi connectivity index (χ0) is 27.7. The lowest BCUT2D eigenvalue weighted by Gasteiger charge is -2.17. The van der Waals surface area contributed by atoms with E-state index >= 15 is 0 Å². The number of azide groups is 1. The topological polar surface area (TPSA) is 164 Å². The van der Waals surface area contributed by atoms with Crippen molar-refractivity contribution in [2.45, 2.75) is 0 Å². The number of carbonyl (C=O) groups excluding carboxylic acids is 2. The Labute approximate surface area is 234 Å². The van der Waals surface area contributed by atoms with Crippen LogP contribution in [0.4, 0.5) is 11.4 Å². The van der Waals surface area contributed by atoms with Gasteiger partial charge in [-0.05, 0) is 70.1 Å². The molecule has 1 amide bonds. The third-order valence-electron chi connectivity index (χ3n) is 6.04.